The minimum Gasteiger partial charge on any atom is -0.275 e. The van der Waals surface area contributed by atoms with Crippen LogP contribution in [0.5, 0.6) is 0 Å². The van der Waals surface area contributed by atoms with Crippen LogP contribution in [0.1, 0.15) is 11.1 Å². The highest BCUT2D eigenvalue weighted by Crippen LogP contribution is 2.27. The molecular formula is C12H15N3O2S. The Morgan fingerprint density at radius 1 is 1.22 bits per heavy atom. The van der Waals surface area contributed by atoms with Crippen LogP contribution in [0, 0.1) is 13.8 Å². The van der Waals surface area contributed by atoms with Crippen LogP contribution in [0.15, 0.2) is 29.4 Å². The maximum Gasteiger partial charge on any atom is 0.238 e. The molecule has 0 amide bonds. The molecule has 0 saturated heterocycles. The van der Waals surface area contributed by atoms with Crippen molar-refractivity contribution in [3.05, 3.63) is 35.7 Å². The number of primary sulfonamides is 1. The molecule has 6 heteroatoms. The fraction of sp³-hybridized carbons (Fsp3) is 0.250. The minimum absolute atomic E-state index is 0.174. The van der Waals surface area contributed by atoms with Gasteiger partial charge in [-0.2, -0.15) is 5.10 Å². The Balaban J connectivity index is 2.64. The third kappa shape index (κ3) is 2.30. The molecule has 1 heterocycles. The largest absolute Gasteiger partial charge is 0.275 e. The van der Waals surface area contributed by atoms with E-state index in [1.807, 2.05) is 26.2 Å². The Morgan fingerprint density at radius 2 is 1.89 bits per heavy atom. The van der Waals surface area contributed by atoms with Gasteiger partial charge in [-0.05, 0) is 42.7 Å². The van der Waals surface area contributed by atoms with Crippen molar-refractivity contribution in [3.8, 4) is 11.1 Å². The minimum atomic E-state index is -3.67. The molecule has 0 aliphatic carbocycles. The van der Waals surface area contributed by atoms with Crippen LogP contribution < -0.4 is 5.14 Å². The third-order valence-electron chi connectivity index (χ3n) is 2.84. The summed E-state index contributed by atoms with van der Waals surface area (Å²) in [6.45, 7) is 3.59. The van der Waals surface area contributed by atoms with Crippen molar-refractivity contribution in [2.75, 3.05) is 0 Å². The lowest BCUT2D eigenvalue weighted by atomic mass is 10.0. The normalized spacial score (nSPS) is 11.8. The van der Waals surface area contributed by atoms with Crippen LogP contribution in [-0.4, -0.2) is 18.2 Å². The van der Waals surface area contributed by atoms with Gasteiger partial charge in [0.15, 0.2) is 0 Å². The van der Waals surface area contributed by atoms with Gasteiger partial charge in [-0.15, -0.1) is 0 Å². The van der Waals surface area contributed by atoms with E-state index in [1.165, 1.54) is 0 Å². The van der Waals surface area contributed by atoms with Crippen LogP contribution in [0.25, 0.3) is 11.1 Å². The zero-order valence-corrected chi connectivity index (χ0v) is 11.3. The van der Waals surface area contributed by atoms with E-state index in [1.54, 1.807) is 23.9 Å². The molecule has 0 radical (unpaired) electrons. The molecule has 1 aromatic carbocycles. The van der Waals surface area contributed by atoms with Gasteiger partial charge in [-0.25, -0.2) is 13.6 Å². The summed E-state index contributed by atoms with van der Waals surface area (Å²) >= 11 is 0. The number of aromatic nitrogens is 2. The fourth-order valence-electron chi connectivity index (χ4n) is 1.97. The van der Waals surface area contributed by atoms with Gasteiger partial charge in [-0.3, -0.25) is 4.68 Å². The van der Waals surface area contributed by atoms with Gasteiger partial charge in [0.1, 0.15) is 0 Å². The average Bonchev–Trinajstić information content (AvgIpc) is 2.66. The van der Waals surface area contributed by atoms with E-state index in [9.17, 15) is 8.42 Å². The molecule has 0 aliphatic heterocycles. The van der Waals surface area contributed by atoms with E-state index < -0.39 is 10.0 Å². The number of sulfonamides is 1. The lowest BCUT2D eigenvalue weighted by Crippen LogP contribution is -2.14. The first-order chi connectivity index (χ1) is 8.29. The molecule has 0 spiro atoms. The molecule has 0 fully saturated rings. The predicted molar refractivity (Wildman–Crippen MR) is 69.5 cm³/mol. The van der Waals surface area contributed by atoms with E-state index in [0.717, 1.165) is 16.7 Å². The molecule has 0 saturated carbocycles. The summed E-state index contributed by atoms with van der Waals surface area (Å²) in [7, 11) is -1.83. The van der Waals surface area contributed by atoms with Crippen molar-refractivity contribution >= 4 is 10.0 Å². The van der Waals surface area contributed by atoms with E-state index >= 15 is 0 Å². The lowest BCUT2D eigenvalue weighted by molar-refractivity contribution is 0.597. The monoisotopic (exact) mass is 265 g/mol. The fourth-order valence-corrected chi connectivity index (χ4v) is 2.82. The Bertz CT molecular complexity index is 702. The molecule has 0 unspecified atom stereocenters. The lowest BCUT2D eigenvalue weighted by Gasteiger charge is -2.09. The summed E-state index contributed by atoms with van der Waals surface area (Å²) in [6.07, 6.45) is 3.64. The highest BCUT2D eigenvalue weighted by molar-refractivity contribution is 7.89. The summed E-state index contributed by atoms with van der Waals surface area (Å²) in [5.74, 6) is 0. The van der Waals surface area contributed by atoms with Crippen LogP contribution in [0.4, 0.5) is 0 Å². The van der Waals surface area contributed by atoms with Crippen LogP contribution >= 0.6 is 0 Å². The molecule has 0 aliphatic rings. The number of aryl methyl sites for hydroxylation is 3. The van der Waals surface area contributed by atoms with Gasteiger partial charge >= 0.3 is 0 Å². The average molecular weight is 265 g/mol. The van der Waals surface area contributed by atoms with Crippen molar-refractivity contribution in [1.29, 1.82) is 0 Å². The van der Waals surface area contributed by atoms with Crippen LogP contribution in [0.3, 0.4) is 0 Å². The highest BCUT2D eigenvalue weighted by Gasteiger charge is 2.15. The maximum atomic E-state index is 11.4. The zero-order chi connectivity index (χ0) is 13.5. The number of rotatable bonds is 2. The number of benzene rings is 1. The summed E-state index contributed by atoms with van der Waals surface area (Å²) in [6, 6.07) is 3.43. The molecule has 2 aromatic rings. The van der Waals surface area contributed by atoms with E-state index in [-0.39, 0.29) is 4.90 Å². The standard InChI is InChI=1S/C12H15N3O2S/c1-8-5-12(18(13,16)17)9(2)4-11(8)10-6-14-15(3)7-10/h4-7H,1-3H3,(H2,13,16,17). The molecular weight excluding hydrogens is 250 g/mol. The van der Waals surface area contributed by atoms with Gasteiger partial charge in [0.05, 0.1) is 11.1 Å². The molecule has 5 nitrogen and oxygen atoms in total. The second-order valence-electron chi connectivity index (χ2n) is 4.38. The maximum absolute atomic E-state index is 11.4. The van der Waals surface area contributed by atoms with Gasteiger partial charge in [0, 0.05) is 18.8 Å². The summed E-state index contributed by atoms with van der Waals surface area (Å²) < 4.78 is 24.5. The Hall–Kier alpha value is -1.66. The van der Waals surface area contributed by atoms with Crippen LogP contribution in [-0.2, 0) is 17.1 Å². The highest BCUT2D eigenvalue weighted by atomic mass is 32.2. The Labute approximate surface area is 106 Å². The molecule has 2 N–H and O–H groups in total. The van der Waals surface area contributed by atoms with Gasteiger partial charge in [0.2, 0.25) is 10.0 Å². The molecule has 18 heavy (non-hydrogen) atoms. The molecule has 96 valence electrons. The number of hydrogen-bond acceptors (Lipinski definition) is 3. The Morgan fingerprint density at radius 3 is 2.39 bits per heavy atom. The zero-order valence-electron chi connectivity index (χ0n) is 10.5. The van der Waals surface area contributed by atoms with Gasteiger partial charge in [-0.1, -0.05) is 0 Å². The molecule has 1 aromatic heterocycles. The smallest absolute Gasteiger partial charge is 0.238 e. The number of nitrogens with zero attached hydrogens (tertiary/aromatic N) is 2. The second-order valence-corrected chi connectivity index (χ2v) is 5.91. The SMILES string of the molecule is Cc1cc(S(N)(=O)=O)c(C)cc1-c1cnn(C)c1. The first-order valence-corrected chi connectivity index (χ1v) is 6.97. The van der Waals surface area contributed by atoms with Gasteiger partial charge in [0.25, 0.3) is 0 Å². The van der Waals surface area contributed by atoms with Crippen LogP contribution in [0.2, 0.25) is 0 Å². The number of hydrogen-bond donors (Lipinski definition) is 1. The summed E-state index contributed by atoms with van der Waals surface area (Å²) in [5, 5.41) is 9.28. The molecule has 2 rings (SSSR count). The summed E-state index contributed by atoms with van der Waals surface area (Å²) in [4.78, 5) is 0.174. The molecule has 0 bridgehead atoms. The van der Waals surface area contributed by atoms with Gasteiger partial charge < -0.3 is 0 Å². The predicted octanol–water partition coefficient (Wildman–Crippen LogP) is 1.35. The van der Waals surface area contributed by atoms with E-state index in [4.69, 9.17) is 5.14 Å². The van der Waals surface area contributed by atoms with E-state index in [2.05, 4.69) is 5.10 Å². The molecule has 0 atom stereocenters. The summed E-state index contributed by atoms with van der Waals surface area (Å²) in [5.41, 5.74) is 3.42. The second kappa shape index (κ2) is 4.22. The third-order valence-corrected chi connectivity index (χ3v) is 3.90. The van der Waals surface area contributed by atoms with Crippen molar-refractivity contribution in [1.82, 2.24) is 9.78 Å². The first kappa shape index (κ1) is 12.8. The topological polar surface area (TPSA) is 78.0 Å². The quantitative estimate of drug-likeness (QED) is 0.890. The first-order valence-electron chi connectivity index (χ1n) is 5.42. The van der Waals surface area contributed by atoms with E-state index in [0.29, 0.717) is 5.56 Å². The van der Waals surface area contributed by atoms with Crippen molar-refractivity contribution in [2.45, 2.75) is 18.7 Å². The van der Waals surface area contributed by atoms with Crippen molar-refractivity contribution in [3.63, 3.8) is 0 Å². The Kier molecular flexibility index (Phi) is 3.00. The van der Waals surface area contributed by atoms with Crippen molar-refractivity contribution < 1.29 is 8.42 Å². The number of nitrogens with two attached hydrogens (primary N) is 1. The van der Waals surface area contributed by atoms with Crippen molar-refractivity contribution in [2.24, 2.45) is 12.2 Å².